The number of aromatic nitrogens is 1. The van der Waals surface area contributed by atoms with E-state index in [0.717, 1.165) is 36.0 Å². The molecule has 0 bridgehead atoms. The standard InChI is InChI=1S/C13H20BrN3/c1-3-17(11-4-5-11)7-6-15-13-12(14)8-10(2)9-16-13/h8-9,11H,3-7H2,1-2H3,(H,15,16). The van der Waals surface area contributed by atoms with Crippen molar-refractivity contribution < 1.29 is 0 Å². The van der Waals surface area contributed by atoms with Gasteiger partial charge in [0.1, 0.15) is 5.82 Å². The summed E-state index contributed by atoms with van der Waals surface area (Å²) in [5, 5.41) is 3.39. The van der Waals surface area contributed by atoms with E-state index in [1.807, 2.05) is 13.1 Å². The molecule has 0 unspecified atom stereocenters. The maximum atomic E-state index is 4.38. The van der Waals surface area contributed by atoms with E-state index in [1.54, 1.807) is 0 Å². The molecule has 0 atom stereocenters. The van der Waals surface area contributed by atoms with Gasteiger partial charge in [-0.3, -0.25) is 4.90 Å². The average molecular weight is 298 g/mol. The van der Waals surface area contributed by atoms with Crippen LogP contribution in [0, 0.1) is 6.92 Å². The topological polar surface area (TPSA) is 28.2 Å². The van der Waals surface area contributed by atoms with Crippen LogP contribution in [-0.2, 0) is 0 Å². The van der Waals surface area contributed by atoms with Gasteiger partial charge in [-0.05, 0) is 53.9 Å². The Morgan fingerprint density at radius 1 is 1.53 bits per heavy atom. The van der Waals surface area contributed by atoms with Crippen molar-refractivity contribution in [1.82, 2.24) is 9.88 Å². The molecule has 94 valence electrons. The summed E-state index contributed by atoms with van der Waals surface area (Å²) in [5.41, 5.74) is 1.18. The minimum Gasteiger partial charge on any atom is -0.368 e. The third-order valence-electron chi connectivity index (χ3n) is 3.14. The maximum Gasteiger partial charge on any atom is 0.140 e. The van der Waals surface area contributed by atoms with Crippen molar-refractivity contribution in [3.05, 3.63) is 22.3 Å². The first kappa shape index (κ1) is 12.8. The van der Waals surface area contributed by atoms with Crippen LogP contribution in [0.4, 0.5) is 5.82 Å². The van der Waals surface area contributed by atoms with E-state index in [-0.39, 0.29) is 0 Å². The Balaban J connectivity index is 1.80. The molecule has 0 aliphatic heterocycles. The highest BCUT2D eigenvalue weighted by molar-refractivity contribution is 9.10. The Hall–Kier alpha value is -0.610. The molecule has 1 aliphatic carbocycles. The molecule has 1 N–H and O–H groups in total. The van der Waals surface area contributed by atoms with E-state index in [2.05, 4.69) is 44.1 Å². The van der Waals surface area contributed by atoms with Crippen LogP contribution in [0.25, 0.3) is 0 Å². The third kappa shape index (κ3) is 3.68. The molecular formula is C13H20BrN3. The summed E-state index contributed by atoms with van der Waals surface area (Å²) in [7, 11) is 0. The number of rotatable bonds is 6. The zero-order valence-corrected chi connectivity index (χ0v) is 12.1. The Morgan fingerprint density at radius 2 is 2.29 bits per heavy atom. The lowest BCUT2D eigenvalue weighted by Crippen LogP contribution is -2.31. The first-order chi connectivity index (χ1) is 8.20. The molecule has 1 aliphatic rings. The Kier molecular flexibility index (Phi) is 4.40. The predicted molar refractivity (Wildman–Crippen MR) is 75.4 cm³/mol. The summed E-state index contributed by atoms with van der Waals surface area (Å²) in [6.07, 6.45) is 4.65. The van der Waals surface area contributed by atoms with Gasteiger partial charge in [-0.2, -0.15) is 0 Å². The molecule has 0 spiro atoms. The number of anilines is 1. The van der Waals surface area contributed by atoms with Crippen molar-refractivity contribution in [2.24, 2.45) is 0 Å². The molecule has 1 heterocycles. The summed E-state index contributed by atoms with van der Waals surface area (Å²) < 4.78 is 1.05. The average Bonchev–Trinajstić information content (AvgIpc) is 3.11. The molecule has 0 saturated heterocycles. The monoisotopic (exact) mass is 297 g/mol. The number of nitrogens with one attached hydrogen (secondary N) is 1. The molecule has 1 aromatic rings. The van der Waals surface area contributed by atoms with E-state index in [4.69, 9.17) is 0 Å². The second kappa shape index (κ2) is 5.83. The minimum atomic E-state index is 0.844. The highest BCUT2D eigenvalue weighted by Gasteiger charge is 2.27. The number of halogens is 1. The molecule has 4 heteroatoms. The smallest absolute Gasteiger partial charge is 0.140 e. The number of pyridine rings is 1. The molecular weight excluding hydrogens is 278 g/mol. The SMILES string of the molecule is CCN(CCNc1ncc(C)cc1Br)C1CC1. The van der Waals surface area contributed by atoms with Gasteiger partial charge in [0.25, 0.3) is 0 Å². The lowest BCUT2D eigenvalue weighted by molar-refractivity contribution is 0.289. The fraction of sp³-hybridized carbons (Fsp3) is 0.615. The zero-order valence-electron chi connectivity index (χ0n) is 10.5. The summed E-state index contributed by atoms with van der Waals surface area (Å²) in [6, 6.07) is 2.93. The molecule has 1 aromatic heterocycles. The van der Waals surface area contributed by atoms with Crippen molar-refractivity contribution in [1.29, 1.82) is 0 Å². The van der Waals surface area contributed by atoms with Crippen LogP contribution in [0.15, 0.2) is 16.7 Å². The van der Waals surface area contributed by atoms with Crippen LogP contribution >= 0.6 is 15.9 Å². The molecule has 2 rings (SSSR count). The van der Waals surface area contributed by atoms with E-state index >= 15 is 0 Å². The summed E-state index contributed by atoms with van der Waals surface area (Å²) >= 11 is 3.53. The summed E-state index contributed by atoms with van der Waals surface area (Å²) in [4.78, 5) is 6.92. The van der Waals surface area contributed by atoms with Gasteiger partial charge in [0.05, 0.1) is 4.47 Å². The van der Waals surface area contributed by atoms with Crippen molar-refractivity contribution in [2.75, 3.05) is 25.0 Å². The normalized spacial score (nSPS) is 15.3. The van der Waals surface area contributed by atoms with Gasteiger partial charge in [0, 0.05) is 25.3 Å². The molecule has 0 amide bonds. The Morgan fingerprint density at radius 3 is 2.88 bits per heavy atom. The zero-order chi connectivity index (χ0) is 12.3. The van der Waals surface area contributed by atoms with E-state index in [9.17, 15) is 0 Å². The van der Waals surface area contributed by atoms with Crippen molar-refractivity contribution in [3.63, 3.8) is 0 Å². The third-order valence-corrected chi connectivity index (χ3v) is 3.74. The molecule has 0 aromatic carbocycles. The van der Waals surface area contributed by atoms with E-state index in [0.29, 0.717) is 0 Å². The molecule has 3 nitrogen and oxygen atoms in total. The first-order valence-electron chi connectivity index (χ1n) is 6.30. The van der Waals surface area contributed by atoms with Crippen LogP contribution in [0.5, 0.6) is 0 Å². The van der Waals surface area contributed by atoms with Crippen LogP contribution in [0.2, 0.25) is 0 Å². The second-order valence-corrected chi connectivity index (χ2v) is 5.48. The van der Waals surface area contributed by atoms with Crippen LogP contribution in [-0.4, -0.2) is 35.6 Å². The second-order valence-electron chi connectivity index (χ2n) is 4.63. The molecule has 1 fully saturated rings. The quantitative estimate of drug-likeness (QED) is 0.875. The van der Waals surface area contributed by atoms with Gasteiger partial charge < -0.3 is 5.32 Å². The lowest BCUT2D eigenvalue weighted by Gasteiger charge is -2.20. The van der Waals surface area contributed by atoms with Crippen LogP contribution in [0.1, 0.15) is 25.3 Å². The fourth-order valence-corrected chi connectivity index (χ4v) is 2.62. The van der Waals surface area contributed by atoms with Gasteiger partial charge in [-0.25, -0.2) is 4.98 Å². The van der Waals surface area contributed by atoms with Crippen molar-refractivity contribution in [3.8, 4) is 0 Å². The fourth-order valence-electron chi connectivity index (χ4n) is 2.02. The molecule has 1 saturated carbocycles. The van der Waals surface area contributed by atoms with Gasteiger partial charge in [0.15, 0.2) is 0 Å². The van der Waals surface area contributed by atoms with E-state index < -0.39 is 0 Å². The van der Waals surface area contributed by atoms with Gasteiger partial charge in [-0.15, -0.1) is 0 Å². The summed E-state index contributed by atoms with van der Waals surface area (Å²) in [6.45, 7) is 7.49. The first-order valence-corrected chi connectivity index (χ1v) is 7.10. The van der Waals surface area contributed by atoms with Crippen LogP contribution in [0.3, 0.4) is 0 Å². The lowest BCUT2D eigenvalue weighted by atomic mass is 10.3. The number of aryl methyl sites for hydroxylation is 1. The van der Waals surface area contributed by atoms with Gasteiger partial charge in [-0.1, -0.05) is 6.92 Å². The Labute approximate surface area is 112 Å². The number of hydrogen-bond donors (Lipinski definition) is 1. The highest BCUT2D eigenvalue weighted by atomic mass is 79.9. The van der Waals surface area contributed by atoms with Crippen molar-refractivity contribution >= 4 is 21.7 Å². The number of nitrogens with zero attached hydrogens (tertiary/aromatic N) is 2. The number of likely N-dealkylation sites (N-methyl/N-ethyl adjacent to an activating group) is 1. The minimum absolute atomic E-state index is 0.844. The van der Waals surface area contributed by atoms with Gasteiger partial charge in [0.2, 0.25) is 0 Å². The van der Waals surface area contributed by atoms with Gasteiger partial charge >= 0.3 is 0 Å². The van der Waals surface area contributed by atoms with Crippen LogP contribution < -0.4 is 5.32 Å². The van der Waals surface area contributed by atoms with Crippen molar-refractivity contribution in [2.45, 2.75) is 32.7 Å². The maximum absolute atomic E-state index is 4.38. The largest absolute Gasteiger partial charge is 0.368 e. The summed E-state index contributed by atoms with van der Waals surface area (Å²) in [5.74, 6) is 0.947. The number of hydrogen-bond acceptors (Lipinski definition) is 3. The molecule has 0 radical (unpaired) electrons. The van der Waals surface area contributed by atoms with E-state index in [1.165, 1.54) is 18.4 Å². The Bertz CT molecular complexity index is 377. The predicted octanol–water partition coefficient (Wildman–Crippen LogP) is 3.05. The molecule has 17 heavy (non-hydrogen) atoms. The highest BCUT2D eigenvalue weighted by Crippen LogP contribution is 2.26.